The van der Waals surface area contributed by atoms with Crippen LogP contribution in [0.5, 0.6) is 0 Å². The van der Waals surface area contributed by atoms with Crippen LogP contribution in [0.3, 0.4) is 0 Å². The SMILES string of the molecule is Cc1ccc(Cl)cc1S(=O)(=O)NCc1ccnc(-c2cccnc2)c1. The zero-order valence-electron chi connectivity index (χ0n) is 13.5. The molecule has 0 saturated heterocycles. The zero-order chi connectivity index (χ0) is 17.9. The fourth-order valence-electron chi connectivity index (χ4n) is 2.38. The van der Waals surface area contributed by atoms with Gasteiger partial charge < -0.3 is 0 Å². The Morgan fingerprint density at radius 2 is 1.96 bits per heavy atom. The van der Waals surface area contributed by atoms with E-state index in [4.69, 9.17) is 11.6 Å². The number of aryl methyl sites for hydroxylation is 1. The summed E-state index contributed by atoms with van der Waals surface area (Å²) in [6.45, 7) is 1.89. The molecule has 0 amide bonds. The van der Waals surface area contributed by atoms with E-state index in [-0.39, 0.29) is 11.4 Å². The van der Waals surface area contributed by atoms with Gasteiger partial charge in [0.1, 0.15) is 0 Å². The Labute approximate surface area is 151 Å². The van der Waals surface area contributed by atoms with Gasteiger partial charge in [0.2, 0.25) is 10.0 Å². The minimum atomic E-state index is -3.66. The predicted octanol–water partition coefficient (Wildman–Crippen LogP) is 3.58. The predicted molar refractivity (Wildman–Crippen MR) is 97.7 cm³/mol. The summed E-state index contributed by atoms with van der Waals surface area (Å²) in [6, 6.07) is 12.1. The molecule has 0 aliphatic carbocycles. The van der Waals surface area contributed by atoms with Crippen LogP contribution in [0.2, 0.25) is 5.02 Å². The lowest BCUT2D eigenvalue weighted by Crippen LogP contribution is -2.24. The molecule has 0 unspecified atom stereocenters. The third kappa shape index (κ3) is 4.22. The third-order valence-corrected chi connectivity index (χ3v) is 5.47. The summed E-state index contributed by atoms with van der Waals surface area (Å²) >= 11 is 5.92. The Morgan fingerprint density at radius 3 is 2.72 bits per heavy atom. The molecule has 0 radical (unpaired) electrons. The van der Waals surface area contributed by atoms with Gasteiger partial charge in [-0.2, -0.15) is 0 Å². The van der Waals surface area contributed by atoms with E-state index in [1.807, 2.05) is 18.2 Å². The molecule has 0 bridgehead atoms. The highest BCUT2D eigenvalue weighted by Crippen LogP contribution is 2.21. The highest BCUT2D eigenvalue weighted by atomic mass is 35.5. The van der Waals surface area contributed by atoms with E-state index < -0.39 is 10.0 Å². The monoisotopic (exact) mass is 373 g/mol. The van der Waals surface area contributed by atoms with Crippen molar-refractivity contribution in [2.24, 2.45) is 0 Å². The number of benzene rings is 1. The van der Waals surface area contributed by atoms with Crippen LogP contribution >= 0.6 is 11.6 Å². The molecule has 1 N–H and O–H groups in total. The minimum Gasteiger partial charge on any atom is -0.264 e. The maximum atomic E-state index is 12.5. The minimum absolute atomic E-state index is 0.157. The second kappa shape index (κ2) is 7.31. The first kappa shape index (κ1) is 17.5. The van der Waals surface area contributed by atoms with Gasteiger partial charge in [-0.1, -0.05) is 17.7 Å². The molecular weight excluding hydrogens is 358 g/mol. The maximum Gasteiger partial charge on any atom is 0.241 e. The van der Waals surface area contributed by atoms with Crippen LogP contribution in [-0.2, 0) is 16.6 Å². The number of halogens is 1. The van der Waals surface area contributed by atoms with Crippen molar-refractivity contribution in [3.63, 3.8) is 0 Å². The molecule has 128 valence electrons. The molecule has 0 aliphatic rings. The van der Waals surface area contributed by atoms with Crippen LogP contribution in [-0.4, -0.2) is 18.4 Å². The lowest BCUT2D eigenvalue weighted by Gasteiger charge is -2.10. The van der Waals surface area contributed by atoms with Crippen LogP contribution in [0.15, 0.2) is 66.0 Å². The summed E-state index contributed by atoms with van der Waals surface area (Å²) in [7, 11) is -3.66. The standard InChI is InChI=1S/C18H16ClN3O2S/c1-13-4-5-16(19)10-18(13)25(23,24)22-11-14-6-8-21-17(9-14)15-3-2-7-20-12-15/h2-10,12,22H,11H2,1H3. The molecule has 3 aromatic rings. The molecule has 0 spiro atoms. The quantitative estimate of drug-likeness (QED) is 0.741. The van der Waals surface area contributed by atoms with Crippen molar-refractivity contribution in [1.29, 1.82) is 0 Å². The Hall–Kier alpha value is -2.28. The lowest BCUT2D eigenvalue weighted by atomic mass is 10.1. The van der Waals surface area contributed by atoms with E-state index in [9.17, 15) is 8.42 Å². The smallest absolute Gasteiger partial charge is 0.241 e. The van der Waals surface area contributed by atoms with E-state index in [0.717, 1.165) is 16.8 Å². The largest absolute Gasteiger partial charge is 0.264 e. The van der Waals surface area contributed by atoms with Crippen molar-refractivity contribution in [3.05, 3.63) is 77.2 Å². The zero-order valence-corrected chi connectivity index (χ0v) is 15.1. The Morgan fingerprint density at radius 1 is 1.12 bits per heavy atom. The summed E-state index contributed by atoms with van der Waals surface area (Å²) in [4.78, 5) is 8.55. The second-order valence-corrected chi connectivity index (χ2v) is 7.70. The van der Waals surface area contributed by atoms with Gasteiger partial charge in [-0.25, -0.2) is 13.1 Å². The van der Waals surface area contributed by atoms with E-state index in [1.54, 1.807) is 43.7 Å². The van der Waals surface area contributed by atoms with Crippen LogP contribution in [0.25, 0.3) is 11.3 Å². The molecule has 0 aliphatic heterocycles. The third-order valence-electron chi connectivity index (χ3n) is 3.69. The van der Waals surface area contributed by atoms with Crippen molar-refractivity contribution in [1.82, 2.24) is 14.7 Å². The van der Waals surface area contributed by atoms with Gasteiger partial charge >= 0.3 is 0 Å². The van der Waals surface area contributed by atoms with Gasteiger partial charge in [-0.15, -0.1) is 0 Å². The average molecular weight is 374 g/mol. The lowest BCUT2D eigenvalue weighted by molar-refractivity contribution is 0.580. The number of aromatic nitrogens is 2. The molecule has 2 heterocycles. The second-order valence-electron chi connectivity index (χ2n) is 5.53. The highest BCUT2D eigenvalue weighted by Gasteiger charge is 2.17. The van der Waals surface area contributed by atoms with Crippen molar-refractivity contribution in [2.45, 2.75) is 18.4 Å². The molecule has 0 atom stereocenters. The first-order valence-electron chi connectivity index (χ1n) is 7.57. The van der Waals surface area contributed by atoms with Crippen molar-refractivity contribution in [2.75, 3.05) is 0 Å². The average Bonchev–Trinajstić information content (AvgIpc) is 2.63. The molecular formula is C18H16ClN3O2S. The Kier molecular flexibility index (Phi) is 5.13. The number of hydrogen-bond donors (Lipinski definition) is 1. The molecule has 0 saturated carbocycles. The molecule has 2 aromatic heterocycles. The normalized spacial score (nSPS) is 11.4. The number of rotatable bonds is 5. The van der Waals surface area contributed by atoms with Gasteiger partial charge in [0.15, 0.2) is 0 Å². The summed E-state index contributed by atoms with van der Waals surface area (Å²) in [5.41, 5.74) is 3.06. The Balaban J connectivity index is 1.81. The molecule has 3 rings (SSSR count). The molecule has 1 aromatic carbocycles. The van der Waals surface area contributed by atoms with E-state index in [0.29, 0.717) is 10.6 Å². The summed E-state index contributed by atoms with van der Waals surface area (Å²) in [5, 5.41) is 0.383. The number of sulfonamides is 1. The fourth-order valence-corrected chi connectivity index (χ4v) is 3.90. The number of pyridine rings is 2. The summed E-state index contributed by atoms with van der Waals surface area (Å²) < 4.78 is 27.7. The highest BCUT2D eigenvalue weighted by molar-refractivity contribution is 7.89. The van der Waals surface area contributed by atoms with Gasteiger partial charge in [0.25, 0.3) is 0 Å². The first-order chi connectivity index (χ1) is 12.0. The summed E-state index contributed by atoms with van der Waals surface area (Å²) in [6.07, 6.45) is 5.05. The van der Waals surface area contributed by atoms with Crippen molar-refractivity contribution >= 4 is 21.6 Å². The Bertz CT molecular complexity index is 992. The van der Waals surface area contributed by atoms with Crippen molar-refractivity contribution in [3.8, 4) is 11.3 Å². The van der Waals surface area contributed by atoms with Crippen LogP contribution in [0, 0.1) is 6.92 Å². The number of nitrogens with zero attached hydrogens (tertiary/aromatic N) is 2. The van der Waals surface area contributed by atoms with Gasteiger partial charge in [0.05, 0.1) is 10.6 Å². The van der Waals surface area contributed by atoms with Crippen LogP contribution in [0.1, 0.15) is 11.1 Å². The van der Waals surface area contributed by atoms with Gasteiger partial charge in [0, 0.05) is 35.7 Å². The van der Waals surface area contributed by atoms with E-state index in [2.05, 4.69) is 14.7 Å². The first-order valence-corrected chi connectivity index (χ1v) is 9.43. The summed E-state index contributed by atoms with van der Waals surface area (Å²) in [5.74, 6) is 0. The van der Waals surface area contributed by atoms with Crippen molar-refractivity contribution < 1.29 is 8.42 Å². The molecule has 7 heteroatoms. The van der Waals surface area contributed by atoms with E-state index >= 15 is 0 Å². The topological polar surface area (TPSA) is 72.0 Å². The fraction of sp³-hybridized carbons (Fsp3) is 0.111. The molecule has 5 nitrogen and oxygen atoms in total. The van der Waals surface area contributed by atoms with E-state index in [1.165, 1.54) is 6.07 Å². The number of nitrogens with one attached hydrogen (secondary N) is 1. The maximum absolute atomic E-state index is 12.5. The van der Waals surface area contributed by atoms with Crippen LogP contribution in [0.4, 0.5) is 0 Å². The number of hydrogen-bond acceptors (Lipinski definition) is 4. The van der Waals surface area contributed by atoms with Gasteiger partial charge in [-0.05, 0) is 54.4 Å². The van der Waals surface area contributed by atoms with Gasteiger partial charge in [-0.3, -0.25) is 9.97 Å². The molecule has 25 heavy (non-hydrogen) atoms. The molecule has 0 fully saturated rings. The van der Waals surface area contributed by atoms with Crippen LogP contribution < -0.4 is 4.72 Å².